The van der Waals surface area contributed by atoms with E-state index in [1.807, 2.05) is 4.90 Å². The highest BCUT2D eigenvalue weighted by molar-refractivity contribution is 5.78. The summed E-state index contributed by atoms with van der Waals surface area (Å²) in [6.45, 7) is 3.01. The number of carbonyl (C=O) groups excluding carboxylic acids is 1. The Kier molecular flexibility index (Phi) is 5.88. The minimum Gasteiger partial charge on any atom is -0.477 e. The molecule has 4 rings (SSSR count). The fourth-order valence-electron chi connectivity index (χ4n) is 4.45. The molecule has 1 amide bonds. The van der Waals surface area contributed by atoms with Crippen molar-refractivity contribution < 1.29 is 19.0 Å². The third kappa shape index (κ3) is 4.76. The average Bonchev–Trinajstić information content (AvgIpc) is 3.19. The van der Waals surface area contributed by atoms with Gasteiger partial charge in [-0.25, -0.2) is 4.98 Å². The highest BCUT2D eigenvalue weighted by Crippen LogP contribution is 2.38. The van der Waals surface area contributed by atoms with Gasteiger partial charge in [-0.1, -0.05) is 12.8 Å². The summed E-state index contributed by atoms with van der Waals surface area (Å²) >= 11 is 0. The van der Waals surface area contributed by atoms with E-state index in [9.17, 15) is 4.79 Å². The van der Waals surface area contributed by atoms with Gasteiger partial charge in [-0.3, -0.25) is 9.78 Å². The maximum absolute atomic E-state index is 12.3. The van der Waals surface area contributed by atoms with Crippen molar-refractivity contribution in [3.8, 4) is 5.88 Å². The van der Waals surface area contributed by atoms with Crippen molar-refractivity contribution in [2.45, 2.75) is 56.7 Å². The van der Waals surface area contributed by atoms with Crippen LogP contribution in [-0.4, -0.2) is 65.4 Å². The molecule has 0 aromatic carbocycles. The van der Waals surface area contributed by atoms with Gasteiger partial charge in [0.05, 0.1) is 32.0 Å². The van der Waals surface area contributed by atoms with Gasteiger partial charge in [0.25, 0.3) is 0 Å². The van der Waals surface area contributed by atoms with Crippen LogP contribution < -0.4 is 4.74 Å². The third-order valence-corrected chi connectivity index (χ3v) is 5.97. The zero-order chi connectivity index (χ0) is 18.5. The van der Waals surface area contributed by atoms with E-state index in [0.717, 1.165) is 38.7 Å². The Morgan fingerprint density at radius 3 is 2.89 bits per heavy atom. The Balaban J connectivity index is 1.17. The van der Waals surface area contributed by atoms with Gasteiger partial charge in [0.2, 0.25) is 11.8 Å². The van der Waals surface area contributed by atoms with Crippen molar-refractivity contribution in [1.82, 2.24) is 14.9 Å². The Hall–Kier alpha value is -1.73. The molecule has 148 valence electrons. The highest BCUT2D eigenvalue weighted by atomic mass is 16.5. The van der Waals surface area contributed by atoms with E-state index >= 15 is 0 Å². The molecule has 3 aliphatic rings. The molecule has 7 nitrogen and oxygen atoms in total. The summed E-state index contributed by atoms with van der Waals surface area (Å²) in [7, 11) is 0. The zero-order valence-electron chi connectivity index (χ0n) is 15.8. The highest BCUT2D eigenvalue weighted by Gasteiger charge is 2.49. The lowest BCUT2D eigenvalue weighted by Crippen LogP contribution is -2.67. The molecule has 1 aromatic heterocycles. The molecule has 2 saturated heterocycles. The summed E-state index contributed by atoms with van der Waals surface area (Å²) in [4.78, 5) is 22.3. The van der Waals surface area contributed by atoms with E-state index in [-0.39, 0.29) is 24.2 Å². The van der Waals surface area contributed by atoms with Crippen molar-refractivity contribution in [3.05, 3.63) is 18.6 Å². The molecule has 0 bridgehead atoms. The molecule has 0 unspecified atom stereocenters. The maximum atomic E-state index is 12.3. The lowest BCUT2D eigenvalue weighted by Gasteiger charge is -2.53. The van der Waals surface area contributed by atoms with Crippen LogP contribution in [0.15, 0.2) is 18.6 Å². The monoisotopic (exact) mass is 375 g/mol. The average molecular weight is 375 g/mol. The summed E-state index contributed by atoms with van der Waals surface area (Å²) in [6.07, 6.45) is 12.8. The summed E-state index contributed by atoms with van der Waals surface area (Å²) in [5.74, 6) is 1.23. The second-order valence-corrected chi connectivity index (χ2v) is 8.04. The molecular weight excluding hydrogens is 346 g/mol. The van der Waals surface area contributed by atoms with Crippen LogP contribution in [0.2, 0.25) is 0 Å². The van der Waals surface area contributed by atoms with E-state index in [4.69, 9.17) is 14.2 Å². The topological polar surface area (TPSA) is 73.8 Å². The predicted molar refractivity (Wildman–Crippen MR) is 98.3 cm³/mol. The number of nitrogens with zero attached hydrogens (tertiary/aromatic N) is 3. The number of amides is 1. The first kappa shape index (κ1) is 18.6. The molecule has 7 heteroatoms. The number of rotatable bonds is 7. The van der Waals surface area contributed by atoms with E-state index in [2.05, 4.69) is 9.97 Å². The molecule has 3 heterocycles. The number of hydrogen-bond donors (Lipinski definition) is 0. The standard InChI is InChI=1S/C20H29N3O4/c24-19(13-26-17-3-1-2-4-17)23-14-20(15-23)11-16(6-10-27-20)5-9-25-18-12-21-7-8-22-18/h7-8,12,16-17H,1-6,9-11,13-15H2/t16-/m1/s1. The van der Waals surface area contributed by atoms with Gasteiger partial charge in [-0.2, -0.15) is 0 Å². The Bertz CT molecular complexity index is 615. The summed E-state index contributed by atoms with van der Waals surface area (Å²) in [5.41, 5.74) is -0.154. The Morgan fingerprint density at radius 2 is 2.11 bits per heavy atom. The van der Waals surface area contributed by atoms with Crippen LogP contribution >= 0.6 is 0 Å². The number of aromatic nitrogens is 2. The molecule has 0 N–H and O–H groups in total. The van der Waals surface area contributed by atoms with Gasteiger partial charge < -0.3 is 19.1 Å². The predicted octanol–water partition coefficient (Wildman–Crippen LogP) is 2.21. The molecule has 27 heavy (non-hydrogen) atoms. The molecule has 1 aromatic rings. The van der Waals surface area contributed by atoms with E-state index in [1.165, 1.54) is 12.8 Å². The van der Waals surface area contributed by atoms with Crippen LogP contribution in [0.4, 0.5) is 0 Å². The minimum absolute atomic E-state index is 0.101. The lowest BCUT2D eigenvalue weighted by atomic mass is 9.79. The lowest BCUT2D eigenvalue weighted by molar-refractivity contribution is -0.192. The largest absolute Gasteiger partial charge is 0.477 e. The number of carbonyl (C=O) groups is 1. The fraction of sp³-hybridized carbons (Fsp3) is 0.750. The molecule has 1 saturated carbocycles. The van der Waals surface area contributed by atoms with Crippen molar-refractivity contribution in [2.24, 2.45) is 5.92 Å². The third-order valence-electron chi connectivity index (χ3n) is 5.97. The Morgan fingerprint density at radius 1 is 1.26 bits per heavy atom. The SMILES string of the molecule is O=C(COC1CCCC1)N1CC2(C[C@H](CCOc3cnccn3)CCO2)C1. The van der Waals surface area contributed by atoms with Gasteiger partial charge in [0.15, 0.2) is 0 Å². The van der Waals surface area contributed by atoms with Gasteiger partial charge >= 0.3 is 0 Å². The van der Waals surface area contributed by atoms with Crippen molar-refractivity contribution >= 4 is 5.91 Å². The van der Waals surface area contributed by atoms with Crippen LogP contribution in [0.1, 0.15) is 44.9 Å². The van der Waals surface area contributed by atoms with Crippen LogP contribution in [0.25, 0.3) is 0 Å². The van der Waals surface area contributed by atoms with Crippen LogP contribution in [0, 0.1) is 5.92 Å². The molecule has 1 spiro atoms. The van der Waals surface area contributed by atoms with Crippen molar-refractivity contribution in [3.63, 3.8) is 0 Å². The summed E-state index contributed by atoms with van der Waals surface area (Å²) in [6, 6.07) is 0. The van der Waals surface area contributed by atoms with Gasteiger partial charge in [0.1, 0.15) is 12.2 Å². The Labute approximate surface area is 160 Å². The van der Waals surface area contributed by atoms with Crippen LogP contribution in [0.3, 0.4) is 0 Å². The normalized spacial score (nSPS) is 24.7. The van der Waals surface area contributed by atoms with Crippen molar-refractivity contribution in [1.29, 1.82) is 0 Å². The first-order valence-electron chi connectivity index (χ1n) is 10.1. The molecule has 3 fully saturated rings. The second-order valence-electron chi connectivity index (χ2n) is 8.04. The van der Waals surface area contributed by atoms with Gasteiger partial charge in [-0.05, 0) is 38.0 Å². The smallest absolute Gasteiger partial charge is 0.248 e. The molecular formula is C20H29N3O4. The second kappa shape index (κ2) is 8.52. The molecule has 1 aliphatic carbocycles. The minimum atomic E-state index is -0.154. The molecule has 1 atom stereocenters. The first-order chi connectivity index (χ1) is 13.2. The van der Waals surface area contributed by atoms with E-state index < -0.39 is 0 Å². The maximum Gasteiger partial charge on any atom is 0.248 e. The number of likely N-dealkylation sites (tertiary alicyclic amines) is 1. The van der Waals surface area contributed by atoms with Crippen LogP contribution in [-0.2, 0) is 14.3 Å². The summed E-state index contributed by atoms with van der Waals surface area (Å²) in [5, 5.41) is 0. The fourth-order valence-corrected chi connectivity index (χ4v) is 4.45. The van der Waals surface area contributed by atoms with Crippen molar-refractivity contribution in [2.75, 3.05) is 32.9 Å². The molecule has 2 aliphatic heterocycles. The van der Waals surface area contributed by atoms with Crippen LogP contribution in [0.5, 0.6) is 5.88 Å². The first-order valence-corrected chi connectivity index (χ1v) is 10.1. The quantitative estimate of drug-likeness (QED) is 0.727. The molecule has 0 radical (unpaired) electrons. The number of hydrogen-bond acceptors (Lipinski definition) is 6. The summed E-state index contributed by atoms with van der Waals surface area (Å²) < 4.78 is 17.5. The zero-order valence-corrected chi connectivity index (χ0v) is 15.8. The van der Waals surface area contributed by atoms with Gasteiger partial charge in [-0.15, -0.1) is 0 Å². The number of ether oxygens (including phenoxy) is 3. The van der Waals surface area contributed by atoms with Gasteiger partial charge in [0, 0.05) is 19.0 Å². The van der Waals surface area contributed by atoms with E-state index in [1.54, 1.807) is 18.6 Å². The van der Waals surface area contributed by atoms with E-state index in [0.29, 0.717) is 31.5 Å².